The van der Waals surface area contributed by atoms with E-state index in [2.05, 4.69) is 0 Å². The number of likely N-dealkylation sites (N-methyl/N-ethyl adjacent to an activating group) is 1. The van der Waals surface area contributed by atoms with Gasteiger partial charge in [0.2, 0.25) is 0 Å². The number of carbonyl (C=O) groups is 1. The van der Waals surface area contributed by atoms with E-state index in [1.807, 2.05) is 0 Å². The number of nitrogens with two attached hydrogens (primary N) is 1. The van der Waals surface area contributed by atoms with E-state index in [0.29, 0.717) is 13.1 Å². The smallest absolute Gasteiger partial charge is 0.251 e. The fourth-order valence-corrected chi connectivity index (χ4v) is 1.23. The van der Waals surface area contributed by atoms with Gasteiger partial charge in [0, 0.05) is 20.1 Å². The lowest BCUT2D eigenvalue weighted by atomic mass is 10.2. The van der Waals surface area contributed by atoms with Gasteiger partial charge in [0.15, 0.2) is 0 Å². The Morgan fingerprint density at radius 3 is 2.91 bits per heavy atom. The third-order valence-corrected chi connectivity index (χ3v) is 1.86. The molecule has 2 N–H and O–H groups in total. The van der Waals surface area contributed by atoms with E-state index in [4.69, 9.17) is 10.5 Å². The maximum atomic E-state index is 11.1. The minimum absolute atomic E-state index is 0.00713. The van der Waals surface area contributed by atoms with Gasteiger partial charge in [-0.2, -0.15) is 0 Å². The molecule has 1 rings (SSSR count). The summed E-state index contributed by atoms with van der Waals surface area (Å²) >= 11 is 0. The SMILES string of the molecule is C[C@H]1OC(CN)CN(C)C1=O. The molecule has 11 heavy (non-hydrogen) atoms. The number of amides is 1. The monoisotopic (exact) mass is 158 g/mol. The zero-order valence-electron chi connectivity index (χ0n) is 6.91. The summed E-state index contributed by atoms with van der Waals surface area (Å²) in [5.74, 6) is 0.0368. The molecule has 0 aromatic carbocycles. The highest BCUT2D eigenvalue weighted by Gasteiger charge is 2.28. The van der Waals surface area contributed by atoms with Crippen LogP contribution in [0.5, 0.6) is 0 Å². The molecule has 2 atom stereocenters. The maximum Gasteiger partial charge on any atom is 0.251 e. The van der Waals surface area contributed by atoms with E-state index in [1.54, 1.807) is 18.9 Å². The van der Waals surface area contributed by atoms with E-state index in [1.165, 1.54) is 0 Å². The van der Waals surface area contributed by atoms with E-state index in [-0.39, 0.29) is 18.1 Å². The van der Waals surface area contributed by atoms with Gasteiger partial charge in [-0.05, 0) is 6.92 Å². The number of hydrogen-bond donors (Lipinski definition) is 1. The summed E-state index contributed by atoms with van der Waals surface area (Å²) in [4.78, 5) is 12.8. The molecule has 1 saturated heterocycles. The normalized spacial score (nSPS) is 32.6. The summed E-state index contributed by atoms with van der Waals surface area (Å²) < 4.78 is 5.30. The molecule has 0 spiro atoms. The lowest BCUT2D eigenvalue weighted by Crippen LogP contribution is -2.51. The molecule has 1 unspecified atom stereocenters. The van der Waals surface area contributed by atoms with Crippen molar-refractivity contribution >= 4 is 5.91 Å². The van der Waals surface area contributed by atoms with Gasteiger partial charge in [0.05, 0.1) is 6.10 Å². The molecule has 0 aromatic rings. The van der Waals surface area contributed by atoms with Crippen LogP contribution >= 0.6 is 0 Å². The summed E-state index contributed by atoms with van der Waals surface area (Å²) in [5.41, 5.74) is 5.41. The van der Waals surface area contributed by atoms with E-state index >= 15 is 0 Å². The number of rotatable bonds is 1. The number of hydrogen-bond acceptors (Lipinski definition) is 3. The van der Waals surface area contributed by atoms with Gasteiger partial charge < -0.3 is 15.4 Å². The number of ether oxygens (including phenoxy) is 1. The predicted octanol–water partition coefficient (Wildman–Crippen LogP) is -0.809. The average Bonchev–Trinajstić information content (AvgIpc) is 1.99. The van der Waals surface area contributed by atoms with Crippen molar-refractivity contribution in [2.24, 2.45) is 5.73 Å². The van der Waals surface area contributed by atoms with Crippen molar-refractivity contribution in [2.45, 2.75) is 19.1 Å². The van der Waals surface area contributed by atoms with Gasteiger partial charge >= 0.3 is 0 Å². The molecule has 1 heterocycles. The molecule has 0 bridgehead atoms. The van der Waals surface area contributed by atoms with Gasteiger partial charge in [-0.15, -0.1) is 0 Å². The van der Waals surface area contributed by atoms with Crippen LogP contribution in [0, 0.1) is 0 Å². The maximum absolute atomic E-state index is 11.1. The molecule has 64 valence electrons. The van der Waals surface area contributed by atoms with Crippen molar-refractivity contribution in [3.63, 3.8) is 0 Å². The summed E-state index contributed by atoms with van der Waals surface area (Å²) in [6.07, 6.45) is -0.324. The Bertz CT molecular complexity index is 147. The zero-order chi connectivity index (χ0) is 8.43. The molecule has 0 radical (unpaired) electrons. The summed E-state index contributed by atoms with van der Waals surface area (Å²) in [7, 11) is 1.77. The first-order valence-corrected chi connectivity index (χ1v) is 3.75. The molecular weight excluding hydrogens is 144 g/mol. The summed E-state index contributed by atoms with van der Waals surface area (Å²) in [5, 5.41) is 0. The van der Waals surface area contributed by atoms with E-state index in [9.17, 15) is 4.79 Å². The van der Waals surface area contributed by atoms with Crippen LogP contribution in [0.4, 0.5) is 0 Å². The largest absolute Gasteiger partial charge is 0.362 e. The van der Waals surface area contributed by atoms with Crippen molar-refractivity contribution in [1.82, 2.24) is 4.90 Å². The van der Waals surface area contributed by atoms with Crippen LogP contribution in [-0.4, -0.2) is 43.2 Å². The second-order valence-corrected chi connectivity index (χ2v) is 2.85. The van der Waals surface area contributed by atoms with Crippen molar-refractivity contribution in [1.29, 1.82) is 0 Å². The Hall–Kier alpha value is -0.610. The van der Waals surface area contributed by atoms with Crippen molar-refractivity contribution in [3.8, 4) is 0 Å². The molecule has 4 heteroatoms. The van der Waals surface area contributed by atoms with Crippen molar-refractivity contribution < 1.29 is 9.53 Å². The van der Waals surface area contributed by atoms with Crippen molar-refractivity contribution in [2.75, 3.05) is 20.1 Å². The minimum atomic E-state index is -0.331. The Labute approximate surface area is 66.3 Å². The highest BCUT2D eigenvalue weighted by molar-refractivity contribution is 5.80. The third kappa shape index (κ3) is 1.70. The summed E-state index contributed by atoms with van der Waals surface area (Å²) in [6.45, 7) is 2.84. The molecular formula is C7H14N2O2. The quantitative estimate of drug-likeness (QED) is 0.543. The van der Waals surface area contributed by atoms with Crippen LogP contribution in [0.3, 0.4) is 0 Å². The zero-order valence-corrected chi connectivity index (χ0v) is 6.91. The van der Waals surface area contributed by atoms with Crippen LogP contribution in [0.25, 0.3) is 0 Å². The molecule has 1 aliphatic heterocycles. The second-order valence-electron chi connectivity index (χ2n) is 2.85. The predicted molar refractivity (Wildman–Crippen MR) is 41.0 cm³/mol. The standard InChI is InChI=1S/C7H14N2O2/c1-5-7(10)9(2)4-6(3-8)11-5/h5-6H,3-4,8H2,1-2H3/t5-,6?/m1/s1. The Balaban J connectivity index is 2.54. The number of morpholine rings is 1. The van der Waals surface area contributed by atoms with Gasteiger partial charge in [-0.1, -0.05) is 0 Å². The third-order valence-electron chi connectivity index (χ3n) is 1.86. The fourth-order valence-electron chi connectivity index (χ4n) is 1.23. The van der Waals surface area contributed by atoms with Gasteiger partial charge in [-0.25, -0.2) is 0 Å². The van der Waals surface area contributed by atoms with Gasteiger partial charge in [0.25, 0.3) is 5.91 Å². The number of nitrogens with zero attached hydrogens (tertiary/aromatic N) is 1. The first-order chi connectivity index (χ1) is 5.15. The lowest BCUT2D eigenvalue weighted by molar-refractivity contribution is -0.156. The van der Waals surface area contributed by atoms with Crippen LogP contribution in [0.2, 0.25) is 0 Å². The molecule has 0 aromatic heterocycles. The average molecular weight is 158 g/mol. The molecule has 0 saturated carbocycles. The van der Waals surface area contributed by atoms with E-state index < -0.39 is 0 Å². The van der Waals surface area contributed by atoms with Gasteiger partial charge in [0.1, 0.15) is 6.10 Å². The van der Waals surface area contributed by atoms with Crippen LogP contribution in [-0.2, 0) is 9.53 Å². The van der Waals surface area contributed by atoms with Gasteiger partial charge in [-0.3, -0.25) is 4.79 Å². The van der Waals surface area contributed by atoms with Crippen LogP contribution in [0.1, 0.15) is 6.92 Å². The Kier molecular flexibility index (Phi) is 2.46. The highest BCUT2D eigenvalue weighted by Crippen LogP contribution is 2.09. The number of carbonyl (C=O) groups excluding carboxylic acids is 1. The minimum Gasteiger partial charge on any atom is -0.362 e. The molecule has 1 fully saturated rings. The van der Waals surface area contributed by atoms with Crippen LogP contribution < -0.4 is 5.73 Å². The summed E-state index contributed by atoms with van der Waals surface area (Å²) in [6, 6.07) is 0. The molecule has 4 nitrogen and oxygen atoms in total. The van der Waals surface area contributed by atoms with Crippen LogP contribution in [0.15, 0.2) is 0 Å². The van der Waals surface area contributed by atoms with E-state index in [0.717, 1.165) is 0 Å². The first kappa shape index (κ1) is 8.49. The molecule has 0 aliphatic carbocycles. The highest BCUT2D eigenvalue weighted by atomic mass is 16.5. The lowest BCUT2D eigenvalue weighted by Gasteiger charge is -2.33. The Morgan fingerprint density at radius 2 is 2.45 bits per heavy atom. The molecule has 1 amide bonds. The first-order valence-electron chi connectivity index (χ1n) is 3.75. The van der Waals surface area contributed by atoms with Crippen molar-refractivity contribution in [3.05, 3.63) is 0 Å². The second kappa shape index (κ2) is 3.19. The Morgan fingerprint density at radius 1 is 1.82 bits per heavy atom. The topological polar surface area (TPSA) is 55.6 Å². The fraction of sp³-hybridized carbons (Fsp3) is 0.857. The molecule has 1 aliphatic rings.